The van der Waals surface area contributed by atoms with Crippen LogP contribution in [-0.2, 0) is 6.42 Å². The molecule has 13 heteroatoms. The Morgan fingerprint density at radius 3 is 2.76 bits per heavy atom. The largest absolute Gasteiger partial charge is 0.507 e. The minimum absolute atomic E-state index is 0.0375. The second-order valence-corrected chi connectivity index (χ2v) is 10.6. The number of nitrogens with zero attached hydrogens (tertiary/aromatic N) is 6. The number of phenols is 1. The number of nitrogens with two attached hydrogens (primary N) is 1. The van der Waals surface area contributed by atoms with Gasteiger partial charge < -0.3 is 16.2 Å². The Morgan fingerprint density at radius 1 is 1.11 bits per heavy atom. The topological polar surface area (TPSA) is 154 Å². The van der Waals surface area contributed by atoms with Crippen molar-refractivity contribution in [2.45, 2.75) is 25.3 Å². The molecule has 11 nitrogen and oxygen atoms in total. The highest BCUT2D eigenvalue weighted by atomic mass is 19.3. The molecule has 4 N–H and O–H groups in total. The standard InChI is InChI=1S/C32H24F2N8O3/c33-28(34)20-14-37-41(15-20)27-10-8-25-31(40-27)42(30(38-25)23-2-1-11-36-29(23)35)21-5-6-22-17(13-21)3-7-24(22)39-32(45)18-4-9-26(44)19(12-18)16-43/h1-2,4-6,8-16,24,28,44H,3,7H2,(H2,35,36)(H,39,45)/t24-/m0/s1. The number of rotatable bonds is 7. The Labute approximate surface area is 254 Å². The lowest BCUT2D eigenvalue weighted by Crippen LogP contribution is -2.27. The number of aldehydes is 1. The molecule has 0 bridgehead atoms. The Bertz CT molecular complexity index is 2120. The third kappa shape index (κ3) is 4.93. The summed E-state index contributed by atoms with van der Waals surface area (Å²) in [5.74, 6) is 0.551. The minimum atomic E-state index is -2.66. The van der Waals surface area contributed by atoms with E-state index in [0.29, 0.717) is 47.5 Å². The molecule has 0 aliphatic heterocycles. The summed E-state index contributed by atoms with van der Waals surface area (Å²) in [6.07, 6.45) is 3.10. The van der Waals surface area contributed by atoms with Crippen LogP contribution in [-0.4, -0.2) is 46.6 Å². The number of carbonyl (C=O) groups excluding carboxylic acids is 2. The third-order valence-corrected chi connectivity index (χ3v) is 7.84. The Balaban J connectivity index is 1.29. The number of benzene rings is 2. The molecule has 0 fully saturated rings. The lowest BCUT2D eigenvalue weighted by molar-refractivity contribution is 0.0936. The van der Waals surface area contributed by atoms with Crippen LogP contribution in [0.1, 0.15) is 56.3 Å². The number of amides is 1. The zero-order chi connectivity index (χ0) is 31.2. The van der Waals surface area contributed by atoms with Gasteiger partial charge >= 0.3 is 0 Å². The number of aromatic hydroxyl groups is 1. The maximum absolute atomic E-state index is 13.3. The first-order chi connectivity index (χ1) is 21.8. The van der Waals surface area contributed by atoms with Crippen molar-refractivity contribution in [2.24, 2.45) is 0 Å². The maximum Gasteiger partial charge on any atom is 0.266 e. The summed E-state index contributed by atoms with van der Waals surface area (Å²) in [4.78, 5) is 38.1. The molecule has 0 radical (unpaired) electrons. The van der Waals surface area contributed by atoms with Crippen LogP contribution in [0.2, 0.25) is 0 Å². The summed E-state index contributed by atoms with van der Waals surface area (Å²) >= 11 is 0. The molecule has 224 valence electrons. The molecular formula is C32H24F2N8O3. The van der Waals surface area contributed by atoms with Crippen molar-refractivity contribution >= 4 is 29.2 Å². The van der Waals surface area contributed by atoms with E-state index >= 15 is 0 Å². The van der Waals surface area contributed by atoms with E-state index in [1.807, 2.05) is 28.8 Å². The van der Waals surface area contributed by atoms with Crippen LogP contribution < -0.4 is 11.1 Å². The van der Waals surface area contributed by atoms with Crippen LogP contribution in [0.25, 0.3) is 34.1 Å². The van der Waals surface area contributed by atoms with Gasteiger partial charge in [0.25, 0.3) is 12.3 Å². The number of phenolic OH excluding ortho intramolecular Hbond substituents is 1. The zero-order valence-corrected chi connectivity index (χ0v) is 23.4. The van der Waals surface area contributed by atoms with Gasteiger partial charge in [0.2, 0.25) is 0 Å². The molecule has 4 heterocycles. The van der Waals surface area contributed by atoms with E-state index < -0.39 is 6.43 Å². The summed E-state index contributed by atoms with van der Waals surface area (Å²) in [7, 11) is 0. The van der Waals surface area contributed by atoms with Gasteiger partial charge in [-0.1, -0.05) is 6.07 Å². The number of nitrogen functional groups attached to an aromatic ring is 1. The summed E-state index contributed by atoms with van der Waals surface area (Å²) in [5.41, 5.74) is 10.6. The first-order valence-corrected chi connectivity index (χ1v) is 14.0. The number of imidazole rings is 1. The monoisotopic (exact) mass is 606 g/mol. The Hall–Kier alpha value is -5.98. The average Bonchev–Trinajstić information content (AvgIpc) is 3.78. The van der Waals surface area contributed by atoms with Crippen LogP contribution in [0.5, 0.6) is 5.75 Å². The van der Waals surface area contributed by atoms with Gasteiger partial charge in [-0.2, -0.15) is 5.10 Å². The number of halogens is 2. The van der Waals surface area contributed by atoms with E-state index in [-0.39, 0.29) is 40.2 Å². The summed E-state index contributed by atoms with van der Waals surface area (Å²) in [5, 5.41) is 16.9. The highest BCUT2D eigenvalue weighted by molar-refractivity contribution is 5.96. The van der Waals surface area contributed by atoms with Gasteiger partial charge in [0, 0.05) is 23.6 Å². The van der Waals surface area contributed by atoms with E-state index in [4.69, 9.17) is 15.7 Å². The van der Waals surface area contributed by atoms with Gasteiger partial charge in [-0.15, -0.1) is 0 Å². The van der Waals surface area contributed by atoms with E-state index in [1.165, 1.54) is 29.1 Å². The smallest absolute Gasteiger partial charge is 0.266 e. The molecule has 6 aromatic rings. The average molecular weight is 607 g/mol. The molecule has 0 spiro atoms. The second kappa shape index (κ2) is 10.9. The van der Waals surface area contributed by atoms with Crippen molar-refractivity contribution in [3.8, 4) is 28.6 Å². The van der Waals surface area contributed by atoms with Gasteiger partial charge in [0.1, 0.15) is 17.1 Å². The molecule has 4 aromatic heterocycles. The van der Waals surface area contributed by atoms with Crippen LogP contribution >= 0.6 is 0 Å². The highest BCUT2D eigenvalue weighted by Crippen LogP contribution is 2.36. The first kappa shape index (κ1) is 27.8. The molecule has 0 saturated heterocycles. The van der Waals surface area contributed by atoms with Gasteiger partial charge in [-0.25, -0.2) is 28.4 Å². The number of aryl methyl sites for hydroxylation is 1. The molecule has 0 unspecified atom stereocenters. The van der Waals surface area contributed by atoms with Crippen LogP contribution in [0.3, 0.4) is 0 Å². The van der Waals surface area contributed by atoms with E-state index in [0.717, 1.165) is 23.0 Å². The quantitative estimate of drug-likeness (QED) is 0.212. The molecule has 0 saturated carbocycles. The SMILES string of the molecule is Nc1ncccc1-c1nc2ccc(-n3cc(C(F)F)cn3)nc2n1-c1ccc2c(c1)CC[C@@H]2NC(=O)c1ccc(O)c(C=O)c1. The van der Waals surface area contributed by atoms with Gasteiger partial charge in [0.15, 0.2) is 23.6 Å². The zero-order valence-electron chi connectivity index (χ0n) is 23.4. The van der Waals surface area contributed by atoms with Gasteiger partial charge in [-0.05, 0) is 78.6 Å². The fourth-order valence-electron chi connectivity index (χ4n) is 5.61. The van der Waals surface area contributed by atoms with Crippen molar-refractivity contribution in [1.29, 1.82) is 0 Å². The molecule has 1 amide bonds. The number of nitrogens with one attached hydrogen (secondary N) is 1. The number of hydrogen-bond donors (Lipinski definition) is 3. The molecule has 1 aliphatic rings. The minimum Gasteiger partial charge on any atom is -0.507 e. The lowest BCUT2D eigenvalue weighted by atomic mass is 10.1. The Kier molecular flexibility index (Phi) is 6.76. The number of aromatic nitrogens is 6. The number of alkyl halides is 2. The number of fused-ring (bicyclic) bond motifs is 2. The first-order valence-electron chi connectivity index (χ1n) is 14.0. The van der Waals surface area contributed by atoms with Crippen molar-refractivity contribution in [3.63, 3.8) is 0 Å². The predicted molar refractivity (Wildman–Crippen MR) is 161 cm³/mol. The third-order valence-electron chi connectivity index (χ3n) is 7.84. The summed E-state index contributed by atoms with van der Waals surface area (Å²) in [6, 6.07) is 16.7. The molecule has 1 atom stereocenters. The molecular weight excluding hydrogens is 582 g/mol. The molecule has 2 aromatic carbocycles. The highest BCUT2D eigenvalue weighted by Gasteiger charge is 2.27. The van der Waals surface area contributed by atoms with Crippen LogP contribution in [0, 0.1) is 0 Å². The fourth-order valence-corrected chi connectivity index (χ4v) is 5.61. The van der Waals surface area contributed by atoms with Crippen molar-refractivity contribution in [2.75, 3.05) is 5.73 Å². The predicted octanol–water partition coefficient (Wildman–Crippen LogP) is 5.12. The molecule has 45 heavy (non-hydrogen) atoms. The summed E-state index contributed by atoms with van der Waals surface area (Å²) < 4.78 is 29.6. The number of hydrogen-bond acceptors (Lipinski definition) is 8. The molecule has 1 aliphatic carbocycles. The van der Waals surface area contributed by atoms with E-state index in [9.17, 15) is 23.5 Å². The normalized spacial score (nSPS) is 14.2. The van der Waals surface area contributed by atoms with Crippen LogP contribution in [0.4, 0.5) is 14.6 Å². The lowest BCUT2D eigenvalue weighted by Gasteiger charge is -2.16. The number of anilines is 1. The maximum atomic E-state index is 13.3. The van der Waals surface area contributed by atoms with Crippen molar-refractivity contribution < 1.29 is 23.5 Å². The fraction of sp³-hybridized carbons (Fsp3) is 0.125. The molecule has 7 rings (SSSR count). The Morgan fingerprint density at radius 2 is 1.98 bits per heavy atom. The van der Waals surface area contributed by atoms with Gasteiger partial charge in [-0.3, -0.25) is 14.2 Å². The van der Waals surface area contributed by atoms with E-state index in [2.05, 4.69) is 15.4 Å². The van der Waals surface area contributed by atoms with E-state index in [1.54, 1.807) is 24.4 Å². The number of pyridine rings is 2. The number of carbonyl (C=O) groups is 2. The summed E-state index contributed by atoms with van der Waals surface area (Å²) in [6.45, 7) is 0. The van der Waals surface area contributed by atoms with Crippen molar-refractivity contribution in [1.82, 2.24) is 34.6 Å². The van der Waals surface area contributed by atoms with Gasteiger partial charge in [0.05, 0.1) is 28.9 Å². The second-order valence-electron chi connectivity index (χ2n) is 10.6. The van der Waals surface area contributed by atoms with Crippen molar-refractivity contribution in [3.05, 3.63) is 107 Å². The van der Waals surface area contributed by atoms with Crippen LogP contribution in [0.15, 0.2) is 79.3 Å².